The summed E-state index contributed by atoms with van der Waals surface area (Å²) in [5, 5.41) is 3.23. The van der Waals surface area contributed by atoms with Crippen molar-refractivity contribution in [1.29, 1.82) is 0 Å². The maximum absolute atomic E-state index is 12.0. The second-order valence-corrected chi connectivity index (χ2v) is 6.61. The number of rotatable bonds is 10. The molecule has 1 aromatic rings. The van der Waals surface area contributed by atoms with Gasteiger partial charge in [0.05, 0.1) is 4.90 Å². The number of sulfonamides is 1. The molecule has 6 nitrogen and oxygen atoms in total. The second-order valence-electron chi connectivity index (χ2n) is 4.84. The molecule has 0 spiro atoms. The van der Waals surface area contributed by atoms with E-state index in [1.807, 2.05) is 20.8 Å². The monoisotopic (exact) mass is 303 g/mol. The Labute approximate surface area is 121 Å². The Morgan fingerprint density at radius 2 is 2.15 bits per heavy atom. The van der Waals surface area contributed by atoms with Gasteiger partial charge in [-0.2, -0.15) is 0 Å². The lowest BCUT2D eigenvalue weighted by Crippen LogP contribution is -2.25. The summed E-state index contributed by atoms with van der Waals surface area (Å²) >= 11 is 0. The normalized spacial score (nSPS) is 12.2. The Hall–Kier alpha value is -0.890. The van der Waals surface area contributed by atoms with Gasteiger partial charge in [0, 0.05) is 44.2 Å². The Kier molecular flexibility index (Phi) is 7.22. The summed E-state index contributed by atoms with van der Waals surface area (Å²) < 4.78 is 31.8. The van der Waals surface area contributed by atoms with Gasteiger partial charge in [-0.15, -0.1) is 0 Å². The number of H-pyrrole nitrogens is 1. The van der Waals surface area contributed by atoms with Crippen molar-refractivity contribution in [2.75, 3.05) is 19.8 Å². The summed E-state index contributed by atoms with van der Waals surface area (Å²) in [6.07, 6.45) is 2.18. The van der Waals surface area contributed by atoms with E-state index in [1.165, 1.54) is 6.20 Å². The summed E-state index contributed by atoms with van der Waals surface area (Å²) in [6.45, 7) is 8.22. The van der Waals surface area contributed by atoms with Crippen LogP contribution in [0.15, 0.2) is 17.2 Å². The lowest BCUT2D eigenvalue weighted by molar-refractivity contribution is 0.146. The van der Waals surface area contributed by atoms with E-state index in [0.29, 0.717) is 38.8 Å². The van der Waals surface area contributed by atoms with Crippen LogP contribution in [0.25, 0.3) is 0 Å². The Morgan fingerprint density at radius 1 is 1.40 bits per heavy atom. The van der Waals surface area contributed by atoms with E-state index >= 15 is 0 Å². The zero-order valence-electron chi connectivity index (χ0n) is 12.4. The van der Waals surface area contributed by atoms with Gasteiger partial charge in [-0.3, -0.25) is 0 Å². The number of hydrogen-bond acceptors (Lipinski definition) is 4. The van der Waals surface area contributed by atoms with Crippen molar-refractivity contribution < 1.29 is 13.2 Å². The molecule has 20 heavy (non-hydrogen) atoms. The van der Waals surface area contributed by atoms with Gasteiger partial charge in [-0.25, -0.2) is 13.1 Å². The minimum Gasteiger partial charge on any atom is -0.382 e. The largest absolute Gasteiger partial charge is 0.382 e. The van der Waals surface area contributed by atoms with Gasteiger partial charge in [-0.05, 0) is 19.4 Å². The zero-order valence-corrected chi connectivity index (χ0v) is 13.2. The van der Waals surface area contributed by atoms with E-state index in [9.17, 15) is 8.42 Å². The molecule has 0 amide bonds. The molecule has 0 radical (unpaired) electrons. The van der Waals surface area contributed by atoms with E-state index in [1.54, 1.807) is 6.07 Å². The van der Waals surface area contributed by atoms with Gasteiger partial charge in [0.15, 0.2) is 0 Å². The van der Waals surface area contributed by atoms with Crippen LogP contribution < -0.4 is 10.0 Å². The highest BCUT2D eigenvalue weighted by Crippen LogP contribution is 2.10. The first kappa shape index (κ1) is 17.2. The van der Waals surface area contributed by atoms with E-state index in [-0.39, 0.29) is 4.90 Å². The molecule has 0 aliphatic carbocycles. The average molecular weight is 303 g/mol. The Morgan fingerprint density at radius 3 is 2.80 bits per heavy atom. The maximum Gasteiger partial charge on any atom is 0.242 e. The van der Waals surface area contributed by atoms with Gasteiger partial charge in [0.1, 0.15) is 0 Å². The molecule has 7 heteroatoms. The zero-order chi connectivity index (χ0) is 15.0. The van der Waals surface area contributed by atoms with Crippen LogP contribution in [-0.2, 0) is 21.3 Å². The third-order valence-corrected chi connectivity index (χ3v) is 4.13. The molecule has 0 aromatic carbocycles. The molecule has 1 rings (SSSR count). The van der Waals surface area contributed by atoms with Crippen molar-refractivity contribution in [2.24, 2.45) is 0 Å². The molecule has 116 valence electrons. The van der Waals surface area contributed by atoms with Crippen LogP contribution in [0.4, 0.5) is 0 Å². The maximum atomic E-state index is 12.0. The first-order chi connectivity index (χ1) is 9.45. The van der Waals surface area contributed by atoms with E-state index < -0.39 is 10.0 Å². The third-order valence-electron chi connectivity index (χ3n) is 2.69. The predicted octanol–water partition coefficient (Wildman–Crippen LogP) is 1.22. The number of nitrogens with one attached hydrogen (secondary N) is 3. The highest BCUT2D eigenvalue weighted by molar-refractivity contribution is 7.89. The minimum absolute atomic E-state index is 0.273. The molecule has 1 heterocycles. The summed E-state index contributed by atoms with van der Waals surface area (Å²) in [5.74, 6) is 0. The lowest BCUT2D eigenvalue weighted by atomic mass is 10.3. The van der Waals surface area contributed by atoms with Crippen molar-refractivity contribution >= 4 is 10.0 Å². The van der Waals surface area contributed by atoms with E-state index in [2.05, 4.69) is 15.0 Å². The molecule has 1 aromatic heterocycles. The molecule has 0 unspecified atom stereocenters. The van der Waals surface area contributed by atoms with Crippen molar-refractivity contribution in [1.82, 2.24) is 15.0 Å². The number of hydrogen-bond donors (Lipinski definition) is 3. The number of aromatic nitrogens is 1. The van der Waals surface area contributed by atoms with Gasteiger partial charge in [0.25, 0.3) is 0 Å². The van der Waals surface area contributed by atoms with Crippen LogP contribution >= 0.6 is 0 Å². The van der Waals surface area contributed by atoms with Crippen LogP contribution in [0, 0.1) is 0 Å². The summed E-state index contributed by atoms with van der Waals surface area (Å²) in [4.78, 5) is 3.24. The summed E-state index contributed by atoms with van der Waals surface area (Å²) in [6, 6.07) is 2.01. The van der Waals surface area contributed by atoms with Gasteiger partial charge in [-0.1, -0.05) is 13.8 Å². The fourth-order valence-corrected chi connectivity index (χ4v) is 2.69. The number of ether oxygens (including phenoxy) is 1. The third kappa shape index (κ3) is 6.04. The molecule has 0 aliphatic heterocycles. The van der Waals surface area contributed by atoms with Crippen LogP contribution in [0.2, 0.25) is 0 Å². The van der Waals surface area contributed by atoms with Crippen molar-refractivity contribution in [3.63, 3.8) is 0 Å². The van der Waals surface area contributed by atoms with Crippen molar-refractivity contribution in [3.05, 3.63) is 18.0 Å². The standard InChI is InChI=1S/C13H25N3O3S/c1-4-19-7-5-6-16-20(17,18)13-8-12(15-10-13)9-14-11(2)3/h8,10-11,14-16H,4-7,9H2,1-3H3. The van der Waals surface area contributed by atoms with Crippen molar-refractivity contribution in [2.45, 2.75) is 44.7 Å². The topological polar surface area (TPSA) is 83.2 Å². The van der Waals surface area contributed by atoms with Crippen LogP contribution in [-0.4, -0.2) is 39.2 Å². The van der Waals surface area contributed by atoms with Gasteiger partial charge >= 0.3 is 0 Å². The van der Waals surface area contributed by atoms with Crippen LogP contribution in [0.1, 0.15) is 32.9 Å². The number of aromatic amines is 1. The fraction of sp³-hybridized carbons (Fsp3) is 0.692. The molecular weight excluding hydrogens is 278 g/mol. The molecule has 0 bridgehead atoms. The highest BCUT2D eigenvalue weighted by Gasteiger charge is 2.15. The molecule has 3 N–H and O–H groups in total. The quantitative estimate of drug-likeness (QED) is 0.568. The summed E-state index contributed by atoms with van der Waals surface area (Å²) in [7, 11) is -3.43. The average Bonchev–Trinajstić information content (AvgIpc) is 2.85. The molecule has 0 fully saturated rings. The summed E-state index contributed by atoms with van der Waals surface area (Å²) in [5.41, 5.74) is 0.855. The van der Waals surface area contributed by atoms with Gasteiger partial charge in [0.2, 0.25) is 10.0 Å². The molecular formula is C13H25N3O3S. The first-order valence-corrected chi connectivity index (χ1v) is 8.42. The Balaban J connectivity index is 2.46. The lowest BCUT2D eigenvalue weighted by Gasteiger charge is -2.06. The molecule has 0 aliphatic rings. The predicted molar refractivity (Wildman–Crippen MR) is 79.1 cm³/mol. The Bertz CT molecular complexity index is 483. The first-order valence-electron chi connectivity index (χ1n) is 6.93. The molecule has 0 saturated carbocycles. The van der Waals surface area contributed by atoms with Crippen LogP contribution in [0.5, 0.6) is 0 Å². The minimum atomic E-state index is -3.43. The smallest absolute Gasteiger partial charge is 0.242 e. The van der Waals surface area contributed by atoms with Crippen molar-refractivity contribution in [3.8, 4) is 0 Å². The van der Waals surface area contributed by atoms with Gasteiger partial charge < -0.3 is 15.0 Å². The van der Waals surface area contributed by atoms with E-state index in [4.69, 9.17) is 4.74 Å². The molecule has 0 atom stereocenters. The second kappa shape index (κ2) is 8.41. The SMILES string of the molecule is CCOCCCNS(=O)(=O)c1c[nH]c(CNC(C)C)c1. The van der Waals surface area contributed by atoms with E-state index in [0.717, 1.165) is 5.69 Å². The fourth-order valence-electron chi connectivity index (χ4n) is 1.60. The highest BCUT2D eigenvalue weighted by atomic mass is 32.2. The van der Waals surface area contributed by atoms with Crippen LogP contribution in [0.3, 0.4) is 0 Å². The molecule has 0 saturated heterocycles.